The van der Waals surface area contributed by atoms with Crippen molar-refractivity contribution in [1.29, 1.82) is 0 Å². The molecule has 0 bridgehead atoms. The van der Waals surface area contributed by atoms with Crippen molar-refractivity contribution in [3.05, 3.63) is 17.3 Å². The molecule has 7 heteroatoms. The number of likely N-dealkylation sites (tertiary alicyclic amines) is 1. The summed E-state index contributed by atoms with van der Waals surface area (Å²) in [6.45, 7) is 6.52. The number of aryl methyl sites for hydroxylation is 2. The number of urea groups is 1. The lowest BCUT2D eigenvalue weighted by Gasteiger charge is -2.36. The van der Waals surface area contributed by atoms with Crippen molar-refractivity contribution in [2.75, 3.05) is 13.1 Å². The van der Waals surface area contributed by atoms with Crippen molar-refractivity contribution >= 4 is 12.0 Å². The fourth-order valence-corrected chi connectivity index (χ4v) is 2.30. The summed E-state index contributed by atoms with van der Waals surface area (Å²) in [4.78, 5) is 29.0. The molecule has 116 valence electrons. The molecule has 1 saturated heterocycles. The molecular weight excluding hydrogens is 274 g/mol. The lowest BCUT2D eigenvalue weighted by molar-refractivity contribution is -0.150. The normalized spacial score (nSPS) is 17.6. The number of hydrogen-bond donors (Lipinski definition) is 2. The average Bonchev–Trinajstić information content (AvgIpc) is 2.76. The molecule has 1 aromatic rings. The molecule has 0 atom stereocenters. The Labute approximate surface area is 123 Å². The van der Waals surface area contributed by atoms with Gasteiger partial charge < -0.3 is 19.7 Å². The minimum atomic E-state index is -0.798. The first-order valence-corrected chi connectivity index (χ1v) is 7.01. The van der Waals surface area contributed by atoms with Crippen molar-refractivity contribution in [2.45, 2.75) is 40.2 Å². The van der Waals surface area contributed by atoms with E-state index in [4.69, 9.17) is 9.52 Å². The van der Waals surface area contributed by atoms with Crippen LogP contribution in [-0.4, -0.2) is 40.1 Å². The highest BCUT2D eigenvalue weighted by molar-refractivity contribution is 5.76. The van der Waals surface area contributed by atoms with Gasteiger partial charge in [0.1, 0.15) is 5.76 Å². The first kappa shape index (κ1) is 15.3. The molecule has 2 N–H and O–H groups in total. The predicted molar refractivity (Wildman–Crippen MR) is 74.8 cm³/mol. The van der Waals surface area contributed by atoms with E-state index in [0.717, 1.165) is 11.5 Å². The van der Waals surface area contributed by atoms with Gasteiger partial charge in [-0.05, 0) is 33.6 Å². The molecule has 1 aromatic heterocycles. The number of piperidine rings is 1. The fourth-order valence-electron chi connectivity index (χ4n) is 2.30. The van der Waals surface area contributed by atoms with Gasteiger partial charge >= 0.3 is 12.0 Å². The highest BCUT2D eigenvalue weighted by atomic mass is 16.4. The Kier molecular flexibility index (Phi) is 4.20. The van der Waals surface area contributed by atoms with Gasteiger partial charge in [0.2, 0.25) is 5.89 Å². The molecule has 1 fully saturated rings. The van der Waals surface area contributed by atoms with Gasteiger partial charge in [0.25, 0.3) is 0 Å². The highest BCUT2D eigenvalue weighted by Gasteiger charge is 2.38. The summed E-state index contributed by atoms with van der Waals surface area (Å²) in [6, 6.07) is -0.212. The first-order valence-electron chi connectivity index (χ1n) is 7.01. The minimum Gasteiger partial charge on any atom is -0.481 e. The monoisotopic (exact) mass is 295 g/mol. The molecule has 0 spiro atoms. The quantitative estimate of drug-likeness (QED) is 0.884. The summed E-state index contributed by atoms with van der Waals surface area (Å²) in [5, 5.41) is 11.9. The number of carbonyl (C=O) groups excluding carboxylic acids is 1. The van der Waals surface area contributed by atoms with Crippen LogP contribution in [0.25, 0.3) is 0 Å². The van der Waals surface area contributed by atoms with Gasteiger partial charge in [0.15, 0.2) is 0 Å². The van der Waals surface area contributed by atoms with Crippen molar-refractivity contribution in [3.63, 3.8) is 0 Å². The lowest BCUT2D eigenvalue weighted by Crippen LogP contribution is -2.48. The molecule has 0 radical (unpaired) electrons. The van der Waals surface area contributed by atoms with Gasteiger partial charge in [-0.15, -0.1) is 0 Å². The molecule has 0 aliphatic carbocycles. The molecule has 0 unspecified atom stereocenters. The molecule has 7 nitrogen and oxygen atoms in total. The van der Waals surface area contributed by atoms with Crippen molar-refractivity contribution in [2.24, 2.45) is 5.41 Å². The Hall–Kier alpha value is -2.05. The van der Waals surface area contributed by atoms with E-state index in [-0.39, 0.29) is 12.6 Å². The van der Waals surface area contributed by atoms with Crippen LogP contribution < -0.4 is 5.32 Å². The number of carboxylic acid groups (broad SMARTS) is 1. The number of nitrogens with one attached hydrogen (secondary N) is 1. The molecule has 2 rings (SSSR count). The molecule has 1 aliphatic rings. The lowest BCUT2D eigenvalue weighted by atomic mass is 9.80. The maximum Gasteiger partial charge on any atom is 0.317 e. The SMILES string of the molecule is Cc1nc(CNC(=O)N2CCC(C)(C(=O)O)CC2)oc1C. The van der Waals surface area contributed by atoms with E-state index >= 15 is 0 Å². The number of aliphatic carboxylic acids is 1. The maximum absolute atomic E-state index is 12.0. The minimum absolute atomic E-state index is 0.212. The van der Waals surface area contributed by atoms with E-state index in [2.05, 4.69) is 10.3 Å². The van der Waals surface area contributed by atoms with Gasteiger partial charge in [-0.25, -0.2) is 9.78 Å². The Bertz CT molecular complexity index is 525. The van der Waals surface area contributed by atoms with E-state index in [9.17, 15) is 9.59 Å². The smallest absolute Gasteiger partial charge is 0.317 e. The predicted octanol–water partition coefficient (Wildman–Crippen LogP) is 1.69. The van der Waals surface area contributed by atoms with Crippen molar-refractivity contribution in [3.8, 4) is 0 Å². The molecule has 0 aromatic carbocycles. The zero-order chi connectivity index (χ0) is 15.6. The molecule has 2 heterocycles. The number of rotatable bonds is 3. The second kappa shape index (κ2) is 5.75. The van der Waals surface area contributed by atoms with Crippen LogP contribution in [0.3, 0.4) is 0 Å². The van der Waals surface area contributed by atoms with E-state index in [1.165, 1.54) is 0 Å². The van der Waals surface area contributed by atoms with Crippen LogP contribution in [0.15, 0.2) is 4.42 Å². The van der Waals surface area contributed by atoms with Gasteiger partial charge in [-0.3, -0.25) is 4.79 Å². The second-order valence-corrected chi connectivity index (χ2v) is 5.76. The summed E-state index contributed by atoms with van der Waals surface area (Å²) in [5.41, 5.74) is 0.0857. The van der Waals surface area contributed by atoms with Crippen LogP contribution in [0.2, 0.25) is 0 Å². The number of aromatic nitrogens is 1. The molecule has 21 heavy (non-hydrogen) atoms. The Morgan fingerprint density at radius 1 is 1.38 bits per heavy atom. The summed E-state index contributed by atoms with van der Waals surface area (Å²) in [7, 11) is 0. The Balaban J connectivity index is 1.84. The first-order chi connectivity index (χ1) is 9.82. The average molecular weight is 295 g/mol. The number of carboxylic acids is 1. The topological polar surface area (TPSA) is 95.7 Å². The molecule has 0 saturated carbocycles. The van der Waals surface area contributed by atoms with E-state index in [1.54, 1.807) is 11.8 Å². The standard InChI is InChI=1S/C14H21N3O4/c1-9-10(2)21-11(16-9)8-15-13(20)17-6-4-14(3,5-7-17)12(18)19/h4-8H2,1-3H3,(H,15,20)(H,18,19). The number of amides is 2. The Morgan fingerprint density at radius 2 is 2.00 bits per heavy atom. The zero-order valence-corrected chi connectivity index (χ0v) is 12.6. The highest BCUT2D eigenvalue weighted by Crippen LogP contribution is 2.30. The van der Waals surface area contributed by atoms with Gasteiger partial charge in [-0.1, -0.05) is 0 Å². The van der Waals surface area contributed by atoms with E-state index in [1.807, 2.05) is 13.8 Å². The summed E-state index contributed by atoms with van der Waals surface area (Å²) in [6.07, 6.45) is 0.930. The van der Waals surface area contributed by atoms with Crippen molar-refractivity contribution in [1.82, 2.24) is 15.2 Å². The van der Waals surface area contributed by atoms with Gasteiger partial charge in [0, 0.05) is 13.1 Å². The van der Waals surface area contributed by atoms with E-state index in [0.29, 0.717) is 31.8 Å². The van der Waals surface area contributed by atoms with Crippen molar-refractivity contribution < 1.29 is 19.1 Å². The molecule has 2 amide bonds. The third-order valence-electron chi connectivity index (χ3n) is 4.13. The third kappa shape index (κ3) is 3.34. The largest absolute Gasteiger partial charge is 0.481 e. The van der Waals surface area contributed by atoms with Crippen LogP contribution in [0.4, 0.5) is 4.79 Å². The molecular formula is C14H21N3O4. The summed E-state index contributed by atoms with van der Waals surface area (Å²) < 4.78 is 5.39. The maximum atomic E-state index is 12.0. The van der Waals surface area contributed by atoms with Crippen LogP contribution >= 0.6 is 0 Å². The van der Waals surface area contributed by atoms with E-state index < -0.39 is 11.4 Å². The van der Waals surface area contributed by atoms with Crippen LogP contribution in [-0.2, 0) is 11.3 Å². The summed E-state index contributed by atoms with van der Waals surface area (Å²) in [5.74, 6) is 0.425. The van der Waals surface area contributed by atoms with Crippen LogP contribution in [0.5, 0.6) is 0 Å². The van der Waals surface area contributed by atoms with Crippen LogP contribution in [0, 0.1) is 19.3 Å². The third-order valence-corrected chi connectivity index (χ3v) is 4.13. The second-order valence-electron chi connectivity index (χ2n) is 5.76. The summed E-state index contributed by atoms with van der Waals surface area (Å²) >= 11 is 0. The van der Waals surface area contributed by atoms with Gasteiger partial charge in [-0.2, -0.15) is 0 Å². The zero-order valence-electron chi connectivity index (χ0n) is 12.6. The number of oxazole rings is 1. The number of carbonyl (C=O) groups is 2. The Morgan fingerprint density at radius 3 is 2.48 bits per heavy atom. The molecule has 1 aliphatic heterocycles. The fraction of sp³-hybridized carbons (Fsp3) is 0.643. The van der Waals surface area contributed by atoms with Gasteiger partial charge in [0.05, 0.1) is 17.7 Å². The van der Waals surface area contributed by atoms with Crippen LogP contribution in [0.1, 0.15) is 37.1 Å². The number of hydrogen-bond acceptors (Lipinski definition) is 4. The number of nitrogens with zero attached hydrogens (tertiary/aromatic N) is 2.